The molecule has 0 fully saturated rings. The van der Waals surface area contributed by atoms with Crippen molar-refractivity contribution in [1.29, 1.82) is 0 Å². The summed E-state index contributed by atoms with van der Waals surface area (Å²) in [5.41, 5.74) is -1.06. The molecule has 0 saturated carbocycles. The largest absolute Gasteiger partial charge is 0.480 e. The van der Waals surface area contributed by atoms with Gasteiger partial charge in [-0.15, -0.1) is 0 Å². The van der Waals surface area contributed by atoms with Gasteiger partial charge >= 0.3 is 5.97 Å². The van der Waals surface area contributed by atoms with E-state index in [0.29, 0.717) is 6.42 Å². The molecule has 5 nitrogen and oxygen atoms in total. The lowest BCUT2D eigenvalue weighted by atomic mass is 9.90. The first kappa shape index (κ1) is 13.3. The molecular formula is C11H15FN2O3. The Morgan fingerprint density at radius 1 is 1.53 bits per heavy atom. The monoisotopic (exact) mass is 242 g/mol. The Morgan fingerprint density at radius 2 is 2.12 bits per heavy atom. The van der Waals surface area contributed by atoms with Gasteiger partial charge in [0.05, 0.1) is 12.0 Å². The molecule has 1 heterocycles. The maximum Gasteiger partial charge on any atom is 0.323 e. The Balaban J connectivity index is 3.11. The Morgan fingerprint density at radius 3 is 2.59 bits per heavy atom. The van der Waals surface area contributed by atoms with Crippen LogP contribution in [0.3, 0.4) is 0 Å². The molecule has 0 aliphatic rings. The molecule has 0 aliphatic carbocycles. The zero-order valence-electron chi connectivity index (χ0n) is 10.0. The molecule has 94 valence electrons. The topological polar surface area (TPSA) is 72.2 Å². The lowest BCUT2D eigenvalue weighted by Crippen LogP contribution is -2.29. The van der Waals surface area contributed by atoms with Crippen molar-refractivity contribution in [2.24, 2.45) is 5.41 Å². The highest BCUT2D eigenvalue weighted by atomic mass is 19.1. The quantitative estimate of drug-likeness (QED) is 0.860. The van der Waals surface area contributed by atoms with Crippen molar-refractivity contribution in [3.63, 3.8) is 0 Å². The van der Waals surface area contributed by atoms with E-state index >= 15 is 0 Å². The van der Waals surface area contributed by atoms with Gasteiger partial charge in [0.1, 0.15) is 6.54 Å². The number of carboxylic acids is 1. The summed E-state index contributed by atoms with van der Waals surface area (Å²) in [7, 11) is 0. The van der Waals surface area contributed by atoms with Crippen molar-refractivity contribution in [2.45, 2.75) is 33.7 Å². The summed E-state index contributed by atoms with van der Waals surface area (Å²) in [6, 6.07) is 0. The van der Waals surface area contributed by atoms with Crippen LogP contribution < -0.4 is 5.56 Å². The molecule has 0 aromatic carbocycles. The number of hydrogen-bond donors (Lipinski definition) is 1. The third-order valence-corrected chi connectivity index (χ3v) is 2.06. The first-order valence-electron chi connectivity index (χ1n) is 5.16. The first-order chi connectivity index (χ1) is 7.70. The standard InChI is InChI=1S/C11H15FN2O3/c1-11(2,3)4-7-9(12)10(17)14(6-13-7)5-8(15)16/h6H,4-5H2,1-3H3,(H,15,16). The van der Waals surface area contributed by atoms with Crippen molar-refractivity contribution in [3.8, 4) is 0 Å². The van der Waals surface area contributed by atoms with Crippen LogP contribution in [0.25, 0.3) is 0 Å². The SMILES string of the molecule is CC(C)(C)Cc1ncn(CC(=O)O)c(=O)c1F. The summed E-state index contributed by atoms with van der Waals surface area (Å²) in [4.78, 5) is 25.7. The second kappa shape index (κ2) is 4.65. The van der Waals surface area contributed by atoms with Crippen molar-refractivity contribution in [2.75, 3.05) is 0 Å². The van der Waals surface area contributed by atoms with Crippen LogP contribution in [-0.2, 0) is 17.8 Å². The number of nitrogens with zero attached hydrogens (tertiary/aromatic N) is 2. The maximum absolute atomic E-state index is 13.7. The van der Waals surface area contributed by atoms with Crippen LogP contribution in [0.2, 0.25) is 0 Å². The first-order valence-corrected chi connectivity index (χ1v) is 5.16. The molecule has 0 amide bonds. The van der Waals surface area contributed by atoms with Crippen LogP contribution in [0, 0.1) is 11.2 Å². The minimum atomic E-state index is -1.21. The van der Waals surface area contributed by atoms with Gasteiger partial charge in [-0.1, -0.05) is 20.8 Å². The lowest BCUT2D eigenvalue weighted by Gasteiger charge is -2.17. The van der Waals surface area contributed by atoms with E-state index in [9.17, 15) is 14.0 Å². The van der Waals surface area contributed by atoms with Gasteiger partial charge in [-0.05, 0) is 11.8 Å². The van der Waals surface area contributed by atoms with Gasteiger partial charge in [0.15, 0.2) is 0 Å². The fraction of sp³-hybridized carbons (Fsp3) is 0.545. The van der Waals surface area contributed by atoms with Gasteiger partial charge in [0, 0.05) is 0 Å². The van der Waals surface area contributed by atoms with Crippen LogP contribution in [0.1, 0.15) is 26.5 Å². The summed E-state index contributed by atoms with van der Waals surface area (Å²) in [6.07, 6.45) is 1.39. The van der Waals surface area contributed by atoms with Crippen molar-refractivity contribution in [3.05, 3.63) is 28.2 Å². The molecule has 0 bridgehead atoms. The molecule has 17 heavy (non-hydrogen) atoms. The number of aromatic nitrogens is 2. The number of carbonyl (C=O) groups is 1. The molecule has 0 saturated heterocycles. The summed E-state index contributed by atoms with van der Waals surface area (Å²) in [6.45, 7) is 5.11. The molecule has 0 atom stereocenters. The van der Waals surface area contributed by atoms with Crippen LogP contribution >= 0.6 is 0 Å². The Kier molecular flexibility index (Phi) is 3.65. The molecule has 6 heteroatoms. The van der Waals surface area contributed by atoms with Crippen molar-refractivity contribution in [1.82, 2.24) is 9.55 Å². The van der Waals surface area contributed by atoms with Crippen molar-refractivity contribution >= 4 is 5.97 Å². The van der Waals surface area contributed by atoms with E-state index in [1.165, 1.54) is 0 Å². The molecule has 0 radical (unpaired) electrons. The van der Waals surface area contributed by atoms with Crippen LogP contribution in [0.4, 0.5) is 4.39 Å². The minimum Gasteiger partial charge on any atom is -0.480 e. The molecular weight excluding hydrogens is 227 g/mol. The Hall–Kier alpha value is -1.72. The molecule has 1 N–H and O–H groups in total. The lowest BCUT2D eigenvalue weighted by molar-refractivity contribution is -0.137. The van der Waals surface area contributed by atoms with E-state index in [0.717, 1.165) is 10.9 Å². The average Bonchev–Trinajstić information content (AvgIpc) is 2.15. The van der Waals surface area contributed by atoms with Gasteiger partial charge in [-0.25, -0.2) is 4.98 Å². The van der Waals surface area contributed by atoms with E-state index in [1.54, 1.807) is 0 Å². The summed E-state index contributed by atoms with van der Waals surface area (Å²) in [5, 5.41) is 8.53. The van der Waals surface area contributed by atoms with E-state index in [4.69, 9.17) is 5.11 Å². The Bertz CT molecular complexity index is 488. The molecule has 0 unspecified atom stereocenters. The zero-order valence-corrected chi connectivity index (χ0v) is 10.0. The molecule has 1 rings (SSSR count). The van der Waals surface area contributed by atoms with Gasteiger partial charge in [-0.2, -0.15) is 4.39 Å². The van der Waals surface area contributed by atoms with Crippen LogP contribution in [-0.4, -0.2) is 20.6 Å². The molecule has 0 spiro atoms. The normalized spacial score (nSPS) is 11.5. The summed E-state index contributed by atoms with van der Waals surface area (Å²) in [5.74, 6) is -2.18. The molecule has 1 aromatic rings. The van der Waals surface area contributed by atoms with Gasteiger partial charge < -0.3 is 5.11 Å². The highest BCUT2D eigenvalue weighted by molar-refractivity contribution is 5.66. The number of hydrogen-bond acceptors (Lipinski definition) is 3. The van der Waals surface area contributed by atoms with E-state index in [-0.39, 0.29) is 11.1 Å². The Labute approximate surface area is 97.9 Å². The van der Waals surface area contributed by atoms with Crippen LogP contribution in [0.15, 0.2) is 11.1 Å². The number of halogens is 1. The predicted octanol–water partition coefficient (Wildman–Crippen LogP) is 1.06. The predicted molar refractivity (Wildman–Crippen MR) is 59.2 cm³/mol. The number of carboxylic acid groups (broad SMARTS) is 1. The van der Waals surface area contributed by atoms with E-state index in [1.807, 2.05) is 20.8 Å². The van der Waals surface area contributed by atoms with Gasteiger partial charge in [0.25, 0.3) is 5.56 Å². The second-order valence-corrected chi connectivity index (χ2v) is 5.07. The third kappa shape index (κ3) is 3.65. The maximum atomic E-state index is 13.7. The average molecular weight is 242 g/mol. The zero-order chi connectivity index (χ0) is 13.2. The van der Waals surface area contributed by atoms with Crippen molar-refractivity contribution < 1.29 is 14.3 Å². The van der Waals surface area contributed by atoms with Gasteiger partial charge in [0.2, 0.25) is 5.82 Å². The third-order valence-electron chi connectivity index (χ3n) is 2.06. The highest BCUT2D eigenvalue weighted by Crippen LogP contribution is 2.19. The fourth-order valence-corrected chi connectivity index (χ4v) is 1.38. The van der Waals surface area contributed by atoms with Crippen LogP contribution in [0.5, 0.6) is 0 Å². The highest BCUT2D eigenvalue weighted by Gasteiger charge is 2.19. The smallest absolute Gasteiger partial charge is 0.323 e. The number of aliphatic carboxylic acids is 1. The molecule has 0 aliphatic heterocycles. The summed E-state index contributed by atoms with van der Waals surface area (Å²) < 4.78 is 14.4. The van der Waals surface area contributed by atoms with E-state index in [2.05, 4.69) is 4.98 Å². The molecule has 1 aromatic heterocycles. The second-order valence-electron chi connectivity index (χ2n) is 5.07. The fourth-order valence-electron chi connectivity index (χ4n) is 1.38. The van der Waals surface area contributed by atoms with E-state index < -0.39 is 23.9 Å². The summed E-state index contributed by atoms with van der Waals surface area (Å²) >= 11 is 0. The minimum absolute atomic E-state index is 0.0733. The number of rotatable bonds is 3. The van der Waals surface area contributed by atoms with Gasteiger partial charge in [-0.3, -0.25) is 14.2 Å².